The Morgan fingerprint density at radius 2 is 1.50 bits per heavy atom. The molecule has 12 heteroatoms. The summed E-state index contributed by atoms with van der Waals surface area (Å²) in [6, 6.07) is 1.34. The second kappa shape index (κ2) is 13.8. The minimum atomic E-state index is -1.45. The highest BCUT2D eigenvalue weighted by molar-refractivity contribution is 7.80. The van der Waals surface area contributed by atoms with Crippen LogP contribution in [0, 0.1) is 5.92 Å². The summed E-state index contributed by atoms with van der Waals surface area (Å²) in [7, 11) is 0. The Kier molecular flexibility index (Phi) is 11.8. The Bertz CT molecular complexity index is 848. The smallest absolute Gasteiger partial charge is 0.326 e. The van der Waals surface area contributed by atoms with Gasteiger partial charge in [-0.1, -0.05) is 26.0 Å². The minimum absolute atomic E-state index is 0.0180. The van der Waals surface area contributed by atoms with E-state index in [1.807, 2.05) is 0 Å². The van der Waals surface area contributed by atoms with Crippen molar-refractivity contribution in [3.8, 4) is 5.75 Å². The number of carboxylic acids is 1. The van der Waals surface area contributed by atoms with E-state index in [9.17, 15) is 34.5 Å². The van der Waals surface area contributed by atoms with Crippen LogP contribution in [0.3, 0.4) is 0 Å². The molecule has 0 saturated carbocycles. The van der Waals surface area contributed by atoms with Gasteiger partial charge in [0.2, 0.25) is 17.7 Å². The van der Waals surface area contributed by atoms with E-state index in [4.69, 9.17) is 5.73 Å². The maximum absolute atomic E-state index is 12.7. The zero-order chi connectivity index (χ0) is 26.0. The molecule has 0 aliphatic heterocycles. The van der Waals surface area contributed by atoms with Gasteiger partial charge in [-0.05, 0) is 43.4 Å². The number of nitrogens with one attached hydrogen (secondary N) is 3. The number of nitrogens with two attached hydrogens (primary N) is 1. The molecule has 5 unspecified atom stereocenters. The molecule has 3 amide bonds. The Morgan fingerprint density at radius 3 is 1.97 bits per heavy atom. The van der Waals surface area contributed by atoms with E-state index in [-0.39, 0.29) is 30.3 Å². The van der Waals surface area contributed by atoms with Crippen LogP contribution in [-0.2, 0) is 25.6 Å². The van der Waals surface area contributed by atoms with Gasteiger partial charge < -0.3 is 37.0 Å². The molecule has 34 heavy (non-hydrogen) atoms. The highest BCUT2D eigenvalue weighted by Crippen LogP contribution is 2.11. The number of carbonyl (C=O) groups excluding carboxylic acids is 3. The van der Waals surface area contributed by atoms with Crippen molar-refractivity contribution < 1.29 is 34.5 Å². The second-order valence-electron chi connectivity index (χ2n) is 8.48. The summed E-state index contributed by atoms with van der Waals surface area (Å²) >= 11 is 4.07. The zero-order valence-electron chi connectivity index (χ0n) is 19.4. The summed E-state index contributed by atoms with van der Waals surface area (Å²) in [5.41, 5.74) is 6.62. The summed E-state index contributed by atoms with van der Waals surface area (Å²) in [6.45, 7) is 4.86. The van der Waals surface area contributed by atoms with Gasteiger partial charge in [-0.2, -0.15) is 12.6 Å². The van der Waals surface area contributed by atoms with Crippen LogP contribution in [0.25, 0.3) is 0 Å². The topological polar surface area (TPSA) is 191 Å². The van der Waals surface area contributed by atoms with Crippen LogP contribution in [0.4, 0.5) is 0 Å². The number of carboxylic acid groups (broad SMARTS) is 1. The summed E-state index contributed by atoms with van der Waals surface area (Å²) in [5.74, 6) is -3.60. The molecular formula is C22H34N4O7S. The summed E-state index contributed by atoms with van der Waals surface area (Å²) < 4.78 is 0. The number of aromatic hydroxyl groups is 1. The number of amides is 3. The molecule has 0 fully saturated rings. The first-order valence-corrected chi connectivity index (χ1v) is 11.4. The molecule has 0 radical (unpaired) electrons. The Labute approximate surface area is 203 Å². The number of carbonyl (C=O) groups is 4. The van der Waals surface area contributed by atoms with Crippen LogP contribution >= 0.6 is 12.6 Å². The van der Waals surface area contributed by atoms with Crippen LogP contribution in [-0.4, -0.2) is 75.0 Å². The molecule has 0 aliphatic carbocycles. The molecule has 0 aromatic heterocycles. The highest BCUT2D eigenvalue weighted by Gasteiger charge is 2.32. The van der Waals surface area contributed by atoms with Crippen molar-refractivity contribution >= 4 is 36.3 Å². The normalized spacial score (nSPS) is 15.5. The first-order chi connectivity index (χ1) is 15.8. The van der Waals surface area contributed by atoms with E-state index < -0.39 is 54.0 Å². The average Bonchev–Trinajstić information content (AvgIpc) is 2.75. The molecule has 1 aromatic rings. The van der Waals surface area contributed by atoms with Gasteiger partial charge in [0.25, 0.3) is 0 Å². The number of hydrogen-bond acceptors (Lipinski definition) is 8. The Balaban J connectivity index is 2.80. The number of aliphatic carboxylic acids is 1. The number of phenolic OH excluding ortho intramolecular Hbond substituents is 1. The molecule has 0 bridgehead atoms. The summed E-state index contributed by atoms with van der Waals surface area (Å²) in [4.78, 5) is 49.2. The molecule has 1 aromatic carbocycles. The van der Waals surface area contributed by atoms with E-state index in [0.717, 1.165) is 0 Å². The summed E-state index contributed by atoms with van der Waals surface area (Å²) in [5, 5.41) is 35.8. The number of aliphatic hydroxyl groups excluding tert-OH is 1. The molecule has 190 valence electrons. The lowest BCUT2D eigenvalue weighted by molar-refractivity contribution is -0.143. The fourth-order valence-electron chi connectivity index (χ4n) is 3.06. The highest BCUT2D eigenvalue weighted by atomic mass is 32.1. The maximum atomic E-state index is 12.7. The lowest BCUT2D eigenvalue weighted by Crippen LogP contribution is -2.60. The van der Waals surface area contributed by atoms with E-state index in [0.29, 0.717) is 5.56 Å². The number of aliphatic hydroxyl groups is 1. The lowest BCUT2D eigenvalue weighted by atomic mass is 10.0. The molecule has 0 aliphatic rings. The van der Waals surface area contributed by atoms with E-state index in [1.165, 1.54) is 19.1 Å². The third-order valence-corrected chi connectivity index (χ3v) is 5.29. The second-order valence-corrected chi connectivity index (χ2v) is 8.84. The van der Waals surface area contributed by atoms with Crippen molar-refractivity contribution in [1.82, 2.24) is 16.0 Å². The van der Waals surface area contributed by atoms with E-state index >= 15 is 0 Å². The number of benzene rings is 1. The largest absolute Gasteiger partial charge is 0.508 e. The molecule has 0 heterocycles. The van der Waals surface area contributed by atoms with Gasteiger partial charge in [-0.15, -0.1) is 0 Å². The van der Waals surface area contributed by atoms with Crippen LogP contribution in [0.1, 0.15) is 32.8 Å². The van der Waals surface area contributed by atoms with Gasteiger partial charge in [0, 0.05) is 5.75 Å². The van der Waals surface area contributed by atoms with Crippen LogP contribution < -0.4 is 21.7 Å². The van der Waals surface area contributed by atoms with Crippen molar-refractivity contribution in [2.24, 2.45) is 11.7 Å². The SMILES string of the molecule is CC(C)CC(NC(=O)C(NC(=O)C(CS)NC(=O)C(N)Cc1ccc(O)cc1)C(C)O)C(=O)O. The fourth-order valence-corrected chi connectivity index (χ4v) is 3.32. The monoisotopic (exact) mass is 498 g/mol. The van der Waals surface area contributed by atoms with E-state index in [1.54, 1.807) is 26.0 Å². The minimum Gasteiger partial charge on any atom is -0.508 e. The first-order valence-electron chi connectivity index (χ1n) is 10.8. The first kappa shape index (κ1) is 29.2. The van der Waals surface area contributed by atoms with Gasteiger partial charge in [-0.25, -0.2) is 4.79 Å². The van der Waals surface area contributed by atoms with Crippen LogP contribution in [0.2, 0.25) is 0 Å². The molecule has 0 saturated heterocycles. The maximum Gasteiger partial charge on any atom is 0.326 e. The molecule has 0 spiro atoms. The van der Waals surface area contributed by atoms with Gasteiger partial charge in [-0.3, -0.25) is 14.4 Å². The molecule has 11 nitrogen and oxygen atoms in total. The predicted molar refractivity (Wildman–Crippen MR) is 128 cm³/mol. The molecular weight excluding hydrogens is 464 g/mol. The Morgan fingerprint density at radius 1 is 0.941 bits per heavy atom. The van der Waals surface area contributed by atoms with Gasteiger partial charge in [0.15, 0.2) is 0 Å². The van der Waals surface area contributed by atoms with Crippen molar-refractivity contribution in [2.75, 3.05) is 5.75 Å². The van der Waals surface area contributed by atoms with Crippen molar-refractivity contribution in [2.45, 2.75) is 63.9 Å². The van der Waals surface area contributed by atoms with Crippen LogP contribution in [0.5, 0.6) is 5.75 Å². The van der Waals surface area contributed by atoms with Gasteiger partial charge in [0.1, 0.15) is 23.9 Å². The Hall–Kier alpha value is -2.83. The molecule has 5 atom stereocenters. The van der Waals surface area contributed by atoms with Gasteiger partial charge in [0.05, 0.1) is 12.1 Å². The lowest BCUT2D eigenvalue weighted by Gasteiger charge is -2.26. The summed E-state index contributed by atoms with van der Waals surface area (Å²) in [6.07, 6.45) is -1.03. The van der Waals surface area contributed by atoms with E-state index in [2.05, 4.69) is 28.6 Å². The third kappa shape index (κ3) is 9.57. The fraction of sp³-hybridized carbons (Fsp3) is 0.545. The number of phenols is 1. The number of rotatable bonds is 13. The molecule has 1 rings (SSSR count). The predicted octanol–water partition coefficient (Wildman–Crippen LogP) is -0.842. The van der Waals surface area contributed by atoms with Crippen molar-refractivity contribution in [1.29, 1.82) is 0 Å². The quantitative estimate of drug-likeness (QED) is 0.161. The number of hydrogen-bond donors (Lipinski definition) is 8. The van der Waals surface area contributed by atoms with Crippen LogP contribution in [0.15, 0.2) is 24.3 Å². The zero-order valence-corrected chi connectivity index (χ0v) is 20.3. The average molecular weight is 499 g/mol. The van der Waals surface area contributed by atoms with Crippen molar-refractivity contribution in [3.05, 3.63) is 29.8 Å². The number of thiol groups is 1. The third-order valence-electron chi connectivity index (χ3n) is 4.93. The van der Waals surface area contributed by atoms with Crippen molar-refractivity contribution in [3.63, 3.8) is 0 Å². The molecule has 8 N–H and O–H groups in total. The standard InChI is InChI=1S/C22H34N4O7S/c1-11(2)8-16(22(32)33)24-21(31)18(12(3)27)26-20(30)17(10-34)25-19(29)15(23)9-13-4-6-14(28)7-5-13/h4-7,11-12,15-18,27-28,34H,8-10,23H2,1-3H3,(H,24,31)(H,25,29)(H,26,30)(H,32,33). The van der Waals surface area contributed by atoms with Gasteiger partial charge >= 0.3 is 5.97 Å².